The molecule has 7 heteroatoms. The molecule has 1 N–H and O–H groups in total. The third kappa shape index (κ3) is 10.3. The normalized spacial score (nSPS) is 13.4. The molecule has 0 aliphatic carbocycles. The molecule has 0 rings (SSSR count). The zero-order valence-corrected chi connectivity index (χ0v) is 11.9. The van der Waals surface area contributed by atoms with Crippen LogP contribution < -0.4 is 0 Å². The maximum Gasteiger partial charge on any atom is 0.307 e. The quantitative estimate of drug-likeness (QED) is 0.789. The van der Waals surface area contributed by atoms with Gasteiger partial charge in [0, 0.05) is 6.42 Å². The molecule has 0 spiro atoms. The predicted octanol–water partition coefficient (Wildman–Crippen LogP) is 2.58. The van der Waals surface area contributed by atoms with Crippen molar-refractivity contribution in [2.75, 3.05) is 0 Å². The smallest absolute Gasteiger partial charge is 0.307 e. The van der Waals surface area contributed by atoms with Crippen molar-refractivity contribution in [1.29, 1.82) is 0 Å². The maximum absolute atomic E-state index is 12.7. The van der Waals surface area contributed by atoms with Crippen LogP contribution in [0.1, 0.15) is 40.5 Å². The maximum atomic E-state index is 12.7. The highest BCUT2D eigenvalue weighted by atomic mass is 32.1. The molecule has 0 aliphatic heterocycles. The number of esters is 1. The van der Waals surface area contributed by atoms with E-state index in [-0.39, 0.29) is 13.5 Å². The number of hydrogen-bond acceptors (Lipinski definition) is 3. The highest BCUT2D eigenvalue weighted by molar-refractivity contribution is 7.59. The van der Waals surface area contributed by atoms with Gasteiger partial charge in [-0.1, -0.05) is 0 Å². The molecule has 0 aromatic carbocycles. The number of hydrogen-bond donors (Lipinski definition) is 1. The van der Waals surface area contributed by atoms with Gasteiger partial charge in [-0.25, -0.2) is 8.78 Å². The lowest BCUT2D eigenvalue weighted by Gasteiger charge is -2.22. The zero-order chi connectivity index (χ0) is 13.9. The molecule has 0 saturated carbocycles. The second-order valence-electron chi connectivity index (χ2n) is 5.10. The Labute approximate surface area is 112 Å². The Bertz CT molecular complexity index is 294. The Hall–Kier alpha value is -0.850. The molecular formula is C11H20F2O4S. The number of rotatable bonds is 5. The van der Waals surface area contributed by atoms with Crippen LogP contribution in [-0.4, -0.2) is 28.6 Å². The lowest BCUT2D eigenvalue weighted by molar-refractivity contribution is -0.161. The third-order valence-electron chi connectivity index (χ3n) is 1.79. The number of carboxylic acid groups (broad SMARTS) is 1. The number of carboxylic acids is 1. The minimum Gasteiger partial charge on any atom is -0.481 e. The molecule has 108 valence electrons. The van der Waals surface area contributed by atoms with Crippen LogP contribution in [0.3, 0.4) is 0 Å². The number of aliphatic carboxylic acids is 1. The summed E-state index contributed by atoms with van der Waals surface area (Å²) in [7, 11) is 0. The summed E-state index contributed by atoms with van der Waals surface area (Å²) in [5.41, 5.74) is -0.755. The average molecular weight is 286 g/mol. The van der Waals surface area contributed by atoms with E-state index in [1.165, 1.54) is 0 Å². The molecule has 0 heterocycles. The summed E-state index contributed by atoms with van der Waals surface area (Å²) in [6.45, 7) is 5.48. The lowest BCUT2D eigenvalue weighted by atomic mass is 9.98. The van der Waals surface area contributed by atoms with Crippen LogP contribution in [0.15, 0.2) is 0 Å². The van der Waals surface area contributed by atoms with Crippen LogP contribution in [0.2, 0.25) is 0 Å². The van der Waals surface area contributed by atoms with Crippen molar-refractivity contribution in [3.05, 3.63) is 0 Å². The summed E-state index contributed by atoms with van der Waals surface area (Å²) in [5.74, 6) is -6.75. The predicted molar refractivity (Wildman–Crippen MR) is 67.2 cm³/mol. The van der Waals surface area contributed by atoms with E-state index in [1.807, 2.05) is 0 Å². The van der Waals surface area contributed by atoms with Gasteiger partial charge in [-0.3, -0.25) is 9.59 Å². The molecule has 1 atom stereocenters. The Kier molecular flexibility index (Phi) is 7.49. The number of alkyl halides is 2. The van der Waals surface area contributed by atoms with E-state index in [2.05, 4.69) is 0 Å². The Balaban J connectivity index is 0. The van der Waals surface area contributed by atoms with Crippen LogP contribution >= 0.6 is 13.5 Å². The van der Waals surface area contributed by atoms with Gasteiger partial charge in [0.2, 0.25) is 5.92 Å². The van der Waals surface area contributed by atoms with Gasteiger partial charge in [0.05, 0.1) is 12.3 Å². The third-order valence-corrected chi connectivity index (χ3v) is 1.79. The molecule has 0 aliphatic rings. The van der Waals surface area contributed by atoms with Crippen molar-refractivity contribution in [2.45, 2.75) is 52.1 Å². The largest absolute Gasteiger partial charge is 0.481 e. The molecule has 4 nitrogen and oxygen atoms in total. The summed E-state index contributed by atoms with van der Waals surface area (Å²) in [5, 5.41) is 8.74. The van der Waals surface area contributed by atoms with Gasteiger partial charge in [-0.15, -0.1) is 0 Å². The van der Waals surface area contributed by atoms with E-state index in [9.17, 15) is 18.4 Å². The molecule has 0 amide bonds. The summed E-state index contributed by atoms with van der Waals surface area (Å²) < 4.78 is 30.3. The minimum absolute atomic E-state index is 0. The molecule has 18 heavy (non-hydrogen) atoms. The summed E-state index contributed by atoms with van der Waals surface area (Å²) in [4.78, 5) is 22.1. The van der Waals surface area contributed by atoms with Crippen molar-refractivity contribution < 1.29 is 28.2 Å². The number of halogens is 2. The Morgan fingerprint density at radius 2 is 1.67 bits per heavy atom. The van der Waals surface area contributed by atoms with E-state index in [4.69, 9.17) is 9.84 Å². The highest BCUT2D eigenvalue weighted by Crippen LogP contribution is 2.25. The number of ether oxygens (including phenoxy) is 1. The van der Waals surface area contributed by atoms with Gasteiger partial charge < -0.3 is 9.84 Å². The first-order chi connectivity index (χ1) is 7.41. The van der Waals surface area contributed by atoms with Crippen LogP contribution in [0, 0.1) is 5.92 Å². The first-order valence-corrected chi connectivity index (χ1v) is 5.23. The lowest BCUT2D eigenvalue weighted by Crippen LogP contribution is -2.29. The fraction of sp³-hybridized carbons (Fsp3) is 0.818. The standard InChI is InChI=1S/C11H18F2O4.H2S/c1-10(2,3)17-8(14)5-7(9(15)16)6-11(4,12)13;/h7H,5-6H2,1-4H3,(H,15,16);1H2/t7-;/m0./s1. The summed E-state index contributed by atoms with van der Waals surface area (Å²) in [6.07, 6.45) is -1.42. The van der Waals surface area contributed by atoms with Crippen molar-refractivity contribution in [3.8, 4) is 0 Å². The van der Waals surface area contributed by atoms with E-state index in [0.717, 1.165) is 0 Å². The van der Waals surface area contributed by atoms with Gasteiger partial charge in [-0.2, -0.15) is 13.5 Å². The van der Waals surface area contributed by atoms with Gasteiger partial charge in [0.15, 0.2) is 0 Å². The monoisotopic (exact) mass is 286 g/mol. The van der Waals surface area contributed by atoms with Gasteiger partial charge in [0.1, 0.15) is 5.60 Å². The molecule has 0 saturated heterocycles. The SMILES string of the molecule is CC(F)(F)C[C@H](CC(=O)OC(C)(C)C)C(=O)O.S. The Morgan fingerprint density at radius 3 is 1.94 bits per heavy atom. The van der Waals surface area contributed by atoms with E-state index >= 15 is 0 Å². The average Bonchev–Trinajstić information content (AvgIpc) is 1.95. The first kappa shape index (κ1) is 19.5. The highest BCUT2D eigenvalue weighted by Gasteiger charge is 2.33. The molecule has 0 fully saturated rings. The van der Waals surface area contributed by atoms with Crippen molar-refractivity contribution in [2.24, 2.45) is 5.92 Å². The summed E-state index contributed by atoms with van der Waals surface area (Å²) in [6, 6.07) is 0. The fourth-order valence-electron chi connectivity index (χ4n) is 1.26. The van der Waals surface area contributed by atoms with Gasteiger partial charge in [0.25, 0.3) is 0 Å². The van der Waals surface area contributed by atoms with Crippen LogP contribution in [0.25, 0.3) is 0 Å². The first-order valence-electron chi connectivity index (χ1n) is 5.23. The van der Waals surface area contributed by atoms with Crippen molar-refractivity contribution in [3.63, 3.8) is 0 Å². The van der Waals surface area contributed by atoms with E-state index in [1.54, 1.807) is 20.8 Å². The number of carbonyl (C=O) groups is 2. The van der Waals surface area contributed by atoms with Crippen LogP contribution in [0.4, 0.5) is 8.78 Å². The molecule has 0 aromatic heterocycles. The molecule has 0 aromatic rings. The molecule has 0 unspecified atom stereocenters. The van der Waals surface area contributed by atoms with Gasteiger partial charge >= 0.3 is 11.9 Å². The topological polar surface area (TPSA) is 63.6 Å². The van der Waals surface area contributed by atoms with Gasteiger partial charge in [-0.05, 0) is 27.7 Å². The summed E-state index contributed by atoms with van der Waals surface area (Å²) >= 11 is 0. The molecular weight excluding hydrogens is 266 g/mol. The Morgan fingerprint density at radius 1 is 1.22 bits per heavy atom. The molecule has 0 bridgehead atoms. The van der Waals surface area contributed by atoms with Crippen LogP contribution in [0.5, 0.6) is 0 Å². The minimum atomic E-state index is -3.12. The fourth-order valence-corrected chi connectivity index (χ4v) is 1.26. The molecule has 0 radical (unpaired) electrons. The number of carbonyl (C=O) groups excluding carboxylic acids is 1. The van der Waals surface area contributed by atoms with Crippen molar-refractivity contribution >= 4 is 25.4 Å². The van der Waals surface area contributed by atoms with E-state index in [0.29, 0.717) is 6.92 Å². The van der Waals surface area contributed by atoms with Crippen LogP contribution in [-0.2, 0) is 14.3 Å². The van der Waals surface area contributed by atoms with E-state index < -0.39 is 42.2 Å². The van der Waals surface area contributed by atoms with Crippen molar-refractivity contribution in [1.82, 2.24) is 0 Å². The second-order valence-corrected chi connectivity index (χ2v) is 5.10. The zero-order valence-electron chi connectivity index (χ0n) is 10.9. The second kappa shape index (κ2) is 6.92.